The van der Waals surface area contributed by atoms with Gasteiger partial charge >= 0.3 is 0 Å². The number of nitrogens with one attached hydrogen (secondary N) is 1. The van der Waals surface area contributed by atoms with E-state index < -0.39 is 6.10 Å². The number of fused-ring (bicyclic) bond motifs is 1. The van der Waals surface area contributed by atoms with Crippen molar-refractivity contribution in [2.75, 3.05) is 18.6 Å². The molecule has 0 bridgehead atoms. The fourth-order valence-corrected chi connectivity index (χ4v) is 5.01. The fraction of sp³-hybridized carbons (Fsp3) is 0.320. The number of hydrogen-bond acceptors (Lipinski definition) is 6. The number of halogens is 2. The third-order valence-corrected chi connectivity index (χ3v) is 7.03. The summed E-state index contributed by atoms with van der Waals surface area (Å²) in [6.07, 6.45) is 5.71. The molecule has 1 N–H and O–H groups in total. The van der Waals surface area contributed by atoms with E-state index in [1.807, 2.05) is 31.3 Å². The van der Waals surface area contributed by atoms with E-state index in [-0.39, 0.29) is 5.54 Å². The van der Waals surface area contributed by atoms with E-state index in [2.05, 4.69) is 40.0 Å². The number of methoxy groups -OCH3 is 1. The van der Waals surface area contributed by atoms with Crippen molar-refractivity contribution >= 4 is 39.9 Å². The second-order valence-electron chi connectivity index (χ2n) is 9.02. The SMILES string of the molecule is COc1cc2[nH]nc(-c3ccc(N4CCC4(C)C)nc3)c2cc1O[C@H](C)c1c(Cl)cncc1Cl. The second-order valence-corrected chi connectivity index (χ2v) is 9.83. The Hall–Kier alpha value is -3.03. The van der Waals surface area contributed by atoms with E-state index in [9.17, 15) is 0 Å². The van der Waals surface area contributed by atoms with E-state index in [0.29, 0.717) is 27.1 Å². The highest BCUT2D eigenvalue weighted by atomic mass is 35.5. The fourth-order valence-electron chi connectivity index (χ4n) is 4.34. The summed E-state index contributed by atoms with van der Waals surface area (Å²) in [6.45, 7) is 7.37. The minimum atomic E-state index is -0.425. The first kappa shape index (κ1) is 22.7. The highest BCUT2D eigenvalue weighted by molar-refractivity contribution is 6.35. The van der Waals surface area contributed by atoms with Crippen LogP contribution < -0.4 is 14.4 Å². The third-order valence-electron chi connectivity index (χ3n) is 6.42. The van der Waals surface area contributed by atoms with Crippen molar-refractivity contribution in [1.82, 2.24) is 20.2 Å². The molecule has 1 saturated heterocycles. The van der Waals surface area contributed by atoms with Gasteiger partial charge in [0.15, 0.2) is 11.5 Å². The molecule has 1 fully saturated rings. The Kier molecular flexibility index (Phi) is 5.78. The molecule has 4 aromatic rings. The lowest BCUT2D eigenvalue weighted by molar-refractivity contribution is 0.216. The van der Waals surface area contributed by atoms with Crippen molar-refractivity contribution in [3.8, 4) is 22.8 Å². The largest absolute Gasteiger partial charge is 0.493 e. The van der Waals surface area contributed by atoms with Crippen molar-refractivity contribution in [3.05, 3.63) is 58.5 Å². The Bertz CT molecular complexity index is 1330. The van der Waals surface area contributed by atoms with Crippen LogP contribution in [-0.2, 0) is 0 Å². The van der Waals surface area contributed by atoms with Gasteiger partial charge in [-0.1, -0.05) is 23.2 Å². The molecule has 1 aliphatic heterocycles. The minimum Gasteiger partial charge on any atom is -0.493 e. The van der Waals surface area contributed by atoms with Crippen molar-refractivity contribution in [2.24, 2.45) is 0 Å². The topological polar surface area (TPSA) is 76.2 Å². The molecule has 1 aliphatic rings. The molecule has 4 heterocycles. The minimum absolute atomic E-state index is 0.146. The number of pyridine rings is 2. The summed E-state index contributed by atoms with van der Waals surface area (Å²) in [5, 5.41) is 9.42. The van der Waals surface area contributed by atoms with Crippen molar-refractivity contribution < 1.29 is 9.47 Å². The van der Waals surface area contributed by atoms with Crippen LogP contribution >= 0.6 is 23.2 Å². The first-order valence-electron chi connectivity index (χ1n) is 11.0. The molecule has 0 aliphatic carbocycles. The van der Waals surface area contributed by atoms with Crippen LogP contribution in [0.15, 0.2) is 42.9 Å². The normalized spacial score (nSPS) is 15.8. The number of aromatic amines is 1. The molecule has 1 aromatic carbocycles. The van der Waals surface area contributed by atoms with Gasteiger partial charge in [0.1, 0.15) is 17.6 Å². The van der Waals surface area contributed by atoms with E-state index in [1.165, 1.54) is 6.42 Å². The average molecular weight is 498 g/mol. The van der Waals surface area contributed by atoms with Crippen LogP contribution in [0.25, 0.3) is 22.2 Å². The van der Waals surface area contributed by atoms with Gasteiger partial charge in [0.25, 0.3) is 0 Å². The zero-order chi connectivity index (χ0) is 24.0. The van der Waals surface area contributed by atoms with E-state index in [1.54, 1.807) is 19.5 Å². The monoisotopic (exact) mass is 497 g/mol. The molecule has 9 heteroatoms. The standard InChI is InChI=1S/C25H25Cl2N5O2/c1-14(23-17(26)12-28-13-18(23)27)34-21-9-16-19(10-20(21)33-4)30-31-24(16)15-5-6-22(29-11-15)32-8-7-25(32,2)3/h5-6,9-14H,7-8H2,1-4H3,(H,30,31)/t14-/m1/s1. The van der Waals surface area contributed by atoms with Crippen molar-refractivity contribution in [3.63, 3.8) is 0 Å². The van der Waals surface area contributed by atoms with Gasteiger partial charge in [-0.25, -0.2) is 4.98 Å². The molecule has 7 nitrogen and oxygen atoms in total. The summed E-state index contributed by atoms with van der Waals surface area (Å²) < 4.78 is 11.8. The predicted molar refractivity (Wildman–Crippen MR) is 135 cm³/mol. The van der Waals surface area contributed by atoms with Crippen molar-refractivity contribution in [1.29, 1.82) is 0 Å². The van der Waals surface area contributed by atoms with Crippen LogP contribution in [0.1, 0.15) is 38.9 Å². The molecule has 0 spiro atoms. The Balaban J connectivity index is 1.49. The van der Waals surface area contributed by atoms with Crippen LogP contribution in [0.5, 0.6) is 11.5 Å². The maximum absolute atomic E-state index is 6.33. The van der Waals surface area contributed by atoms with Crippen LogP contribution in [0.3, 0.4) is 0 Å². The highest BCUT2D eigenvalue weighted by Gasteiger charge is 2.36. The Labute approximate surface area is 208 Å². The molecule has 0 unspecified atom stereocenters. The van der Waals surface area contributed by atoms with Gasteiger partial charge in [0, 0.05) is 53.3 Å². The lowest BCUT2D eigenvalue weighted by atomic mass is 9.89. The summed E-state index contributed by atoms with van der Waals surface area (Å²) >= 11 is 12.7. The number of rotatable bonds is 6. The lowest BCUT2D eigenvalue weighted by Crippen LogP contribution is -2.56. The van der Waals surface area contributed by atoms with Crippen LogP contribution in [-0.4, -0.2) is 39.4 Å². The van der Waals surface area contributed by atoms with Gasteiger partial charge in [0.2, 0.25) is 0 Å². The molecule has 3 aromatic heterocycles. The van der Waals surface area contributed by atoms with E-state index in [0.717, 1.165) is 34.5 Å². The van der Waals surface area contributed by atoms with Gasteiger partial charge in [-0.05, 0) is 45.4 Å². The number of hydrogen-bond donors (Lipinski definition) is 1. The summed E-state index contributed by atoms with van der Waals surface area (Å²) in [6, 6.07) is 7.89. The number of ether oxygens (including phenoxy) is 2. The van der Waals surface area contributed by atoms with Crippen LogP contribution in [0.4, 0.5) is 5.82 Å². The van der Waals surface area contributed by atoms with Crippen molar-refractivity contribution in [2.45, 2.75) is 38.8 Å². The number of anilines is 1. The Morgan fingerprint density at radius 1 is 1.09 bits per heavy atom. The molecule has 1 atom stereocenters. The first-order chi connectivity index (χ1) is 16.3. The van der Waals surface area contributed by atoms with Crippen LogP contribution in [0, 0.1) is 0 Å². The van der Waals surface area contributed by atoms with Gasteiger partial charge in [-0.2, -0.15) is 5.10 Å². The number of benzene rings is 1. The third kappa shape index (κ3) is 3.93. The molecular formula is C25H25Cl2N5O2. The Morgan fingerprint density at radius 2 is 1.85 bits per heavy atom. The zero-order valence-electron chi connectivity index (χ0n) is 19.4. The number of nitrogens with zero attached hydrogens (tertiary/aromatic N) is 4. The van der Waals surface area contributed by atoms with Gasteiger partial charge in [-0.15, -0.1) is 0 Å². The quantitative estimate of drug-likeness (QED) is 0.329. The summed E-state index contributed by atoms with van der Waals surface area (Å²) in [4.78, 5) is 11.0. The number of aromatic nitrogens is 4. The van der Waals surface area contributed by atoms with Crippen LogP contribution in [0.2, 0.25) is 10.0 Å². The maximum Gasteiger partial charge on any atom is 0.162 e. The highest BCUT2D eigenvalue weighted by Crippen LogP contribution is 2.40. The maximum atomic E-state index is 6.33. The Morgan fingerprint density at radius 3 is 2.44 bits per heavy atom. The molecular weight excluding hydrogens is 473 g/mol. The van der Waals surface area contributed by atoms with E-state index in [4.69, 9.17) is 37.7 Å². The van der Waals surface area contributed by atoms with Gasteiger partial charge in [-0.3, -0.25) is 10.1 Å². The lowest BCUT2D eigenvalue weighted by Gasteiger charge is -2.49. The zero-order valence-corrected chi connectivity index (χ0v) is 20.9. The number of H-pyrrole nitrogens is 1. The molecule has 0 amide bonds. The summed E-state index contributed by atoms with van der Waals surface area (Å²) in [5.74, 6) is 2.11. The smallest absolute Gasteiger partial charge is 0.162 e. The second kappa shape index (κ2) is 8.64. The predicted octanol–water partition coefficient (Wildman–Crippen LogP) is 6.46. The van der Waals surface area contributed by atoms with Gasteiger partial charge in [0.05, 0.1) is 22.7 Å². The summed E-state index contributed by atoms with van der Waals surface area (Å²) in [5.41, 5.74) is 3.35. The molecule has 0 saturated carbocycles. The van der Waals surface area contributed by atoms with Gasteiger partial charge < -0.3 is 14.4 Å². The molecule has 34 heavy (non-hydrogen) atoms. The first-order valence-corrected chi connectivity index (χ1v) is 11.8. The average Bonchev–Trinajstić information content (AvgIpc) is 3.21. The molecule has 5 rings (SSSR count). The van der Waals surface area contributed by atoms with E-state index >= 15 is 0 Å². The molecule has 0 radical (unpaired) electrons. The summed E-state index contributed by atoms with van der Waals surface area (Å²) in [7, 11) is 1.60. The molecule has 176 valence electrons.